The van der Waals surface area contributed by atoms with Crippen molar-refractivity contribution in [3.63, 3.8) is 0 Å². The van der Waals surface area contributed by atoms with Gasteiger partial charge in [0.05, 0.1) is 12.7 Å². The molecule has 0 spiro atoms. The van der Waals surface area contributed by atoms with E-state index in [0.717, 1.165) is 48.6 Å². The molecule has 0 aromatic carbocycles. The zero-order valence-corrected chi connectivity index (χ0v) is 19.1. The molecule has 1 atom stereocenters. The van der Waals surface area contributed by atoms with Crippen LogP contribution in [0.1, 0.15) is 72.7 Å². The molecule has 0 amide bonds. The van der Waals surface area contributed by atoms with Crippen LogP contribution < -0.4 is 10.6 Å². The highest BCUT2D eigenvalue weighted by molar-refractivity contribution is 7.80. The van der Waals surface area contributed by atoms with Gasteiger partial charge >= 0.3 is 5.97 Å². The molecule has 4 nitrogen and oxygen atoms in total. The normalized spacial score (nSPS) is 34.6. The molecule has 29 heavy (non-hydrogen) atoms. The van der Waals surface area contributed by atoms with Gasteiger partial charge in [-0.15, -0.1) is 11.3 Å². The maximum atomic E-state index is 12.5. The van der Waals surface area contributed by atoms with Gasteiger partial charge in [0.15, 0.2) is 5.11 Å². The van der Waals surface area contributed by atoms with E-state index in [9.17, 15) is 4.79 Å². The number of esters is 1. The van der Waals surface area contributed by atoms with Crippen LogP contribution in [-0.4, -0.2) is 24.7 Å². The van der Waals surface area contributed by atoms with Crippen molar-refractivity contribution in [2.45, 2.75) is 64.7 Å². The number of anilines is 1. The van der Waals surface area contributed by atoms with Crippen molar-refractivity contribution < 1.29 is 9.53 Å². The van der Waals surface area contributed by atoms with Gasteiger partial charge in [-0.05, 0) is 105 Å². The van der Waals surface area contributed by atoms with E-state index in [-0.39, 0.29) is 5.97 Å². The van der Waals surface area contributed by atoms with Crippen LogP contribution >= 0.6 is 23.6 Å². The van der Waals surface area contributed by atoms with Gasteiger partial charge < -0.3 is 15.4 Å². The zero-order chi connectivity index (χ0) is 20.2. The molecule has 4 fully saturated rings. The highest BCUT2D eigenvalue weighted by atomic mass is 32.1. The predicted octanol–water partition coefficient (Wildman–Crippen LogP) is 5.16. The number of carbonyl (C=O) groups excluding carboxylic acids is 1. The van der Waals surface area contributed by atoms with Gasteiger partial charge in [0.25, 0.3) is 0 Å². The molecule has 6 heteroatoms. The van der Waals surface area contributed by atoms with Crippen molar-refractivity contribution in [3.05, 3.63) is 16.0 Å². The number of ether oxygens (including phenoxy) is 1. The minimum absolute atomic E-state index is 0.247. The summed E-state index contributed by atoms with van der Waals surface area (Å²) in [4.78, 5) is 13.8. The van der Waals surface area contributed by atoms with E-state index in [1.54, 1.807) is 11.3 Å². The summed E-state index contributed by atoms with van der Waals surface area (Å²) in [6.07, 6.45) is 11.6. The average molecular weight is 433 g/mol. The lowest BCUT2D eigenvalue weighted by Gasteiger charge is -2.57. The molecule has 4 saturated carbocycles. The summed E-state index contributed by atoms with van der Waals surface area (Å²) in [5, 5.41) is 8.42. The highest BCUT2D eigenvalue weighted by Crippen LogP contribution is 2.59. The number of methoxy groups -OCH3 is 1. The predicted molar refractivity (Wildman–Crippen MR) is 122 cm³/mol. The lowest BCUT2D eigenvalue weighted by atomic mass is 9.49. The van der Waals surface area contributed by atoms with Crippen LogP contribution in [0, 0.1) is 29.1 Å². The Morgan fingerprint density at radius 1 is 1.21 bits per heavy atom. The summed E-state index contributed by atoms with van der Waals surface area (Å²) in [5.41, 5.74) is 2.32. The van der Waals surface area contributed by atoms with Crippen LogP contribution in [-0.2, 0) is 17.6 Å². The number of thiophene rings is 1. The summed E-state index contributed by atoms with van der Waals surface area (Å²) in [5.74, 6) is 3.26. The van der Waals surface area contributed by atoms with Gasteiger partial charge in [-0.25, -0.2) is 4.79 Å². The lowest BCUT2D eigenvalue weighted by molar-refractivity contribution is -0.0490. The molecule has 1 unspecified atom stereocenters. The quantitative estimate of drug-likeness (QED) is 0.508. The van der Waals surface area contributed by atoms with E-state index in [1.165, 1.54) is 56.1 Å². The first-order valence-electron chi connectivity index (χ1n) is 11.2. The van der Waals surface area contributed by atoms with Crippen molar-refractivity contribution in [2.24, 2.45) is 29.1 Å². The maximum absolute atomic E-state index is 12.5. The largest absolute Gasteiger partial charge is 0.465 e. The first kappa shape index (κ1) is 19.8. The number of fused-ring (bicyclic) bond motifs is 1. The van der Waals surface area contributed by atoms with Crippen molar-refractivity contribution in [1.29, 1.82) is 0 Å². The maximum Gasteiger partial charge on any atom is 0.341 e. The number of hydrogen-bond donors (Lipinski definition) is 2. The van der Waals surface area contributed by atoms with E-state index in [1.807, 2.05) is 0 Å². The first-order chi connectivity index (χ1) is 13.9. The third-order valence-corrected chi connectivity index (χ3v) is 9.33. The number of nitrogens with one attached hydrogen (secondary N) is 2. The highest BCUT2D eigenvalue weighted by Gasteiger charge is 2.50. The Kier molecular flexibility index (Phi) is 5.14. The minimum atomic E-state index is -0.247. The Balaban J connectivity index is 1.28. The molecular weight excluding hydrogens is 400 g/mol. The van der Waals surface area contributed by atoms with Gasteiger partial charge in [-0.3, -0.25) is 0 Å². The van der Waals surface area contributed by atoms with Crippen LogP contribution in [0.2, 0.25) is 0 Å². The number of carbonyl (C=O) groups is 1. The fourth-order valence-corrected chi connectivity index (χ4v) is 8.72. The second-order valence-electron chi connectivity index (χ2n) is 10.3. The van der Waals surface area contributed by atoms with Crippen LogP contribution in [0.3, 0.4) is 0 Å². The van der Waals surface area contributed by atoms with Crippen molar-refractivity contribution >= 4 is 39.6 Å². The standard InChI is InChI=1S/C23H32N2O2S2/c1-13-3-4-17-18(5-13)29-20(19(17)21(26)27-2)25-22(28)24-12-23-9-14-6-15(10-23)8-16(7-14)11-23/h13-16H,3-12H2,1-2H3,(H2,24,25,28). The van der Waals surface area contributed by atoms with Gasteiger partial charge in [0.1, 0.15) is 5.00 Å². The number of thiocarbonyl (C=S) groups is 1. The molecule has 5 aliphatic rings. The molecule has 1 heterocycles. The van der Waals surface area contributed by atoms with Crippen molar-refractivity contribution in [1.82, 2.24) is 5.32 Å². The van der Waals surface area contributed by atoms with Crippen LogP contribution in [0.25, 0.3) is 0 Å². The molecule has 2 N–H and O–H groups in total. The van der Waals surface area contributed by atoms with Gasteiger partial charge in [-0.1, -0.05) is 6.92 Å². The van der Waals surface area contributed by atoms with E-state index in [0.29, 0.717) is 22.0 Å². The van der Waals surface area contributed by atoms with Gasteiger partial charge in [0.2, 0.25) is 0 Å². The molecule has 4 bridgehead atoms. The topological polar surface area (TPSA) is 50.4 Å². The molecule has 0 aliphatic heterocycles. The third kappa shape index (κ3) is 3.71. The minimum Gasteiger partial charge on any atom is -0.465 e. The van der Waals surface area contributed by atoms with Gasteiger partial charge in [0, 0.05) is 11.4 Å². The van der Waals surface area contributed by atoms with E-state index in [4.69, 9.17) is 17.0 Å². The van der Waals surface area contributed by atoms with E-state index >= 15 is 0 Å². The summed E-state index contributed by atoms with van der Waals surface area (Å²) in [6, 6.07) is 0. The van der Waals surface area contributed by atoms with Crippen molar-refractivity contribution in [2.75, 3.05) is 19.0 Å². The summed E-state index contributed by atoms with van der Waals surface area (Å²) in [7, 11) is 1.46. The molecule has 5 aliphatic carbocycles. The summed E-state index contributed by atoms with van der Waals surface area (Å²) >= 11 is 7.35. The molecule has 1 aromatic heterocycles. The molecule has 6 rings (SSSR count). The zero-order valence-electron chi connectivity index (χ0n) is 17.5. The first-order valence-corrected chi connectivity index (χ1v) is 12.4. The molecule has 158 valence electrons. The van der Waals surface area contributed by atoms with Crippen LogP contribution in [0.15, 0.2) is 0 Å². The van der Waals surface area contributed by atoms with Crippen molar-refractivity contribution in [3.8, 4) is 0 Å². The fraction of sp³-hybridized carbons (Fsp3) is 0.739. The molecule has 1 aromatic rings. The van der Waals surface area contributed by atoms with Gasteiger partial charge in [-0.2, -0.15) is 0 Å². The SMILES string of the molecule is COC(=O)c1c(NC(=S)NCC23CC4CC(CC(C4)C2)C3)sc2c1CCC(C)C2. The monoisotopic (exact) mass is 432 g/mol. The lowest BCUT2D eigenvalue weighted by Crippen LogP contribution is -2.51. The Labute approximate surface area is 183 Å². The summed E-state index contributed by atoms with van der Waals surface area (Å²) in [6.45, 7) is 3.25. The van der Waals surface area contributed by atoms with E-state index in [2.05, 4.69) is 17.6 Å². The molecule has 0 radical (unpaired) electrons. The fourth-order valence-electron chi connectivity index (χ4n) is 7.08. The summed E-state index contributed by atoms with van der Waals surface area (Å²) < 4.78 is 5.10. The second-order valence-corrected chi connectivity index (χ2v) is 11.8. The second kappa shape index (κ2) is 7.52. The van der Waals surface area contributed by atoms with Crippen LogP contribution in [0.4, 0.5) is 5.00 Å². The van der Waals surface area contributed by atoms with E-state index < -0.39 is 0 Å². The Morgan fingerprint density at radius 3 is 2.48 bits per heavy atom. The number of hydrogen-bond acceptors (Lipinski definition) is 4. The Bertz CT molecular complexity index is 796. The smallest absolute Gasteiger partial charge is 0.341 e. The molecular formula is C23H32N2O2S2. The number of rotatable bonds is 4. The average Bonchev–Trinajstić information content (AvgIpc) is 3.01. The Hall–Kier alpha value is -1.14. The Morgan fingerprint density at radius 2 is 1.86 bits per heavy atom. The van der Waals surface area contributed by atoms with Crippen LogP contribution in [0.5, 0.6) is 0 Å². The third-order valence-electron chi connectivity index (χ3n) is 7.92. The molecule has 0 saturated heterocycles.